The third-order valence-electron chi connectivity index (χ3n) is 7.28. The van der Waals surface area contributed by atoms with Gasteiger partial charge in [0.05, 0.1) is 6.04 Å². The van der Waals surface area contributed by atoms with Gasteiger partial charge in [0.25, 0.3) is 5.91 Å². The van der Waals surface area contributed by atoms with E-state index in [0.717, 1.165) is 27.7 Å². The quantitative estimate of drug-likeness (QED) is 0.267. The van der Waals surface area contributed by atoms with Gasteiger partial charge in [-0.3, -0.25) is 4.79 Å². The summed E-state index contributed by atoms with van der Waals surface area (Å²) in [5.41, 5.74) is 7.41. The number of carboxylic acid groups (broad SMARTS) is 1. The zero-order valence-corrected chi connectivity index (χ0v) is 22.9. The maximum absolute atomic E-state index is 13.2. The topological polar surface area (TPSA) is 80.6 Å². The summed E-state index contributed by atoms with van der Waals surface area (Å²) in [4.78, 5) is 24.2. The summed E-state index contributed by atoms with van der Waals surface area (Å²) >= 11 is 0. The molecule has 1 aromatic heterocycles. The molecule has 38 heavy (non-hydrogen) atoms. The molecule has 2 atom stereocenters. The Kier molecular flexibility index (Phi) is 7.91. The van der Waals surface area contributed by atoms with Crippen molar-refractivity contribution in [2.75, 3.05) is 0 Å². The second kappa shape index (κ2) is 11.1. The van der Waals surface area contributed by atoms with Crippen molar-refractivity contribution in [2.45, 2.75) is 59.1 Å². The third-order valence-corrected chi connectivity index (χ3v) is 7.28. The van der Waals surface area contributed by atoms with E-state index in [1.54, 1.807) is 12.1 Å². The van der Waals surface area contributed by atoms with E-state index in [0.29, 0.717) is 23.7 Å². The third kappa shape index (κ3) is 5.75. The summed E-state index contributed by atoms with van der Waals surface area (Å²) in [5, 5.41) is 13.3. The monoisotopic (exact) mass is 512 g/mol. The maximum atomic E-state index is 13.2. The Labute approximate surface area is 224 Å². The van der Waals surface area contributed by atoms with Crippen molar-refractivity contribution in [3.8, 4) is 5.75 Å². The van der Waals surface area contributed by atoms with Crippen LogP contribution in [0.3, 0.4) is 0 Å². The number of aromatic nitrogens is 1. The first kappa shape index (κ1) is 27.0. The molecule has 3 aromatic carbocycles. The molecule has 1 amide bonds. The molecule has 0 fully saturated rings. The van der Waals surface area contributed by atoms with Crippen LogP contribution in [0.25, 0.3) is 10.9 Å². The number of carbonyl (C=O) groups is 2. The Hall–Kier alpha value is -4.06. The number of aliphatic carboxylic acids is 1. The molecule has 0 spiro atoms. The van der Waals surface area contributed by atoms with E-state index in [2.05, 4.69) is 48.9 Å². The van der Waals surface area contributed by atoms with E-state index in [4.69, 9.17) is 9.84 Å². The van der Waals surface area contributed by atoms with Crippen LogP contribution in [0.5, 0.6) is 5.75 Å². The molecule has 0 aliphatic rings. The minimum atomic E-state index is -0.997. The highest BCUT2D eigenvalue weighted by atomic mass is 16.5. The summed E-state index contributed by atoms with van der Waals surface area (Å²) in [6, 6.07) is 21.7. The first-order chi connectivity index (χ1) is 18.0. The molecule has 0 bridgehead atoms. The average Bonchev–Trinajstić information content (AvgIpc) is 3.13. The lowest BCUT2D eigenvalue weighted by Crippen LogP contribution is -2.26. The van der Waals surface area contributed by atoms with Crippen LogP contribution < -0.4 is 10.1 Å². The van der Waals surface area contributed by atoms with E-state index < -0.39 is 12.1 Å². The van der Waals surface area contributed by atoms with Gasteiger partial charge >= 0.3 is 5.97 Å². The van der Waals surface area contributed by atoms with Crippen LogP contribution >= 0.6 is 0 Å². The molecule has 4 rings (SSSR count). The highest BCUT2D eigenvalue weighted by Gasteiger charge is 2.18. The lowest BCUT2D eigenvalue weighted by molar-refractivity contribution is -0.144. The van der Waals surface area contributed by atoms with Crippen molar-refractivity contribution in [2.24, 2.45) is 7.05 Å². The second-order valence-corrected chi connectivity index (χ2v) is 10.3. The number of aryl methyl sites for hydroxylation is 1. The van der Waals surface area contributed by atoms with Gasteiger partial charge in [0.1, 0.15) is 5.75 Å². The lowest BCUT2D eigenvalue weighted by Gasteiger charge is -2.16. The fourth-order valence-electron chi connectivity index (χ4n) is 4.70. The minimum Gasteiger partial charge on any atom is -0.479 e. The fourth-order valence-corrected chi connectivity index (χ4v) is 4.70. The number of fused-ring (bicyclic) bond motifs is 1. The van der Waals surface area contributed by atoms with Crippen LogP contribution in [0.4, 0.5) is 0 Å². The number of benzene rings is 3. The predicted octanol–water partition coefficient (Wildman–Crippen LogP) is 6.54. The zero-order valence-electron chi connectivity index (χ0n) is 22.9. The number of nitrogens with one attached hydrogen (secondary N) is 1. The Morgan fingerprint density at radius 1 is 0.947 bits per heavy atom. The summed E-state index contributed by atoms with van der Waals surface area (Å²) < 4.78 is 7.57. The molecular weight excluding hydrogens is 476 g/mol. The van der Waals surface area contributed by atoms with Crippen molar-refractivity contribution in [1.29, 1.82) is 0 Å². The predicted molar refractivity (Wildman–Crippen MR) is 151 cm³/mol. The van der Waals surface area contributed by atoms with Gasteiger partial charge in [0.2, 0.25) is 0 Å². The number of rotatable bonds is 9. The molecule has 4 aromatic rings. The zero-order chi connectivity index (χ0) is 27.6. The fraction of sp³-hybridized carbons (Fsp3) is 0.312. The van der Waals surface area contributed by atoms with Gasteiger partial charge in [0.15, 0.2) is 6.10 Å². The summed E-state index contributed by atoms with van der Waals surface area (Å²) in [6.07, 6.45) is -0.187. The summed E-state index contributed by atoms with van der Waals surface area (Å²) in [5.74, 6) is -0.134. The maximum Gasteiger partial charge on any atom is 0.344 e. The molecule has 1 heterocycles. The van der Waals surface area contributed by atoms with Crippen LogP contribution in [-0.4, -0.2) is 27.7 Å². The van der Waals surface area contributed by atoms with Crippen LogP contribution in [0.15, 0.2) is 66.7 Å². The first-order valence-corrected chi connectivity index (χ1v) is 13.0. The lowest BCUT2D eigenvalue weighted by atomic mass is 9.98. The number of hydrogen-bond donors (Lipinski definition) is 2. The first-order valence-electron chi connectivity index (χ1n) is 13.0. The van der Waals surface area contributed by atoms with Gasteiger partial charge < -0.3 is 19.7 Å². The number of amides is 1. The average molecular weight is 513 g/mol. The van der Waals surface area contributed by atoms with Gasteiger partial charge in [-0.2, -0.15) is 0 Å². The van der Waals surface area contributed by atoms with Gasteiger partial charge in [-0.25, -0.2) is 4.79 Å². The summed E-state index contributed by atoms with van der Waals surface area (Å²) in [7, 11) is 2.02. The molecular formula is C32H36N2O4. The Balaban J connectivity index is 1.53. The number of nitrogens with zero attached hydrogens (tertiary/aromatic N) is 1. The van der Waals surface area contributed by atoms with Gasteiger partial charge in [-0.05, 0) is 79.6 Å². The standard InChI is InChI=1S/C32H36N2O4/c1-19(2)24-8-7-9-25(17-24)20(3)33-31(35)26-12-15-28-29(21(4)34(6)30(28)18-26)16-23-10-13-27(14-11-23)38-22(5)32(36)37/h7-15,17-20,22H,16H2,1-6H3,(H,33,35)(H,36,37)/t20-,22?/m0/s1. The van der Waals surface area contributed by atoms with E-state index in [1.165, 1.54) is 18.1 Å². The van der Waals surface area contributed by atoms with E-state index in [9.17, 15) is 9.59 Å². The molecule has 6 heteroatoms. The number of hydrogen-bond acceptors (Lipinski definition) is 3. The second-order valence-electron chi connectivity index (χ2n) is 10.3. The van der Waals surface area contributed by atoms with Crippen LogP contribution in [-0.2, 0) is 18.3 Å². The van der Waals surface area contributed by atoms with Crippen molar-refractivity contribution in [3.05, 3.63) is 100 Å². The number of carboxylic acids is 1. The van der Waals surface area contributed by atoms with E-state index in [-0.39, 0.29) is 11.9 Å². The molecule has 0 aliphatic heterocycles. The molecule has 0 saturated heterocycles. The Bertz CT molecular complexity index is 1470. The van der Waals surface area contributed by atoms with Crippen molar-refractivity contribution >= 4 is 22.8 Å². The van der Waals surface area contributed by atoms with Crippen molar-refractivity contribution in [1.82, 2.24) is 9.88 Å². The minimum absolute atomic E-state index is 0.0964. The van der Waals surface area contributed by atoms with E-state index >= 15 is 0 Å². The largest absolute Gasteiger partial charge is 0.479 e. The summed E-state index contributed by atoms with van der Waals surface area (Å²) in [6.45, 7) is 9.94. The van der Waals surface area contributed by atoms with Gasteiger partial charge in [-0.15, -0.1) is 0 Å². The van der Waals surface area contributed by atoms with Crippen molar-refractivity contribution < 1.29 is 19.4 Å². The molecule has 1 unspecified atom stereocenters. The molecule has 198 valence electrons. The highest BCUT2D eigenvalue weighted by molar-refractivity contribution is 5.99. The molecule has 0 aliphatic carbocycles. The normalized spacial score (nSPS) is 12.9. The Morgan fingerprint density at radius 2 is 1.63 bits per heavy atom. The van der Waals surface area contributed by atoms with Gasteiger partial charge in [0, 0.05) is 29.2 Å². The van der Waals surface area contributed by atoms with Crippen LogP contribution in [0, 0.1) is 6.92 Å². The van der Waals surface area contributed by atoms with E-state index in [1.807, 2.05) is 50.4 Å². The van der Waals surface area contributed by atoms with Crippen molar-refractivity contribution in [3.63, 3.8) is 0 Å². The molecule has 6 nitrogen and oxygen atoms in total. The molecule has 0 saturated carbocycles. The smallest absolute Gasteiger partial charge is 0.344 e. The Morgan fingerprint density at radius 3 is 2.29 bits per heavy atom. The number of ether oxygens (including phenoxy) is 1. The molecule has 2 N–H and O–H groups in total. The SMILES string of the molecule is Cc1c(Cc2ccc(OC(C)C(=O)O)cc2)c2ccc(C(=O)N[C@@H](C)c3cccc(C(C)C)c3)cc2n1C. The number of carbonyl (C=O) groups excluding carboxylic acids is 1. The van der Waals surface area contributed by atoms with Crippen LogP contribution in [0.1, 0.15) is 78.0 Å². The molecule has 0 radical (unpaired) electrons. The van der Waals surface area contributed by atoms with Crippen LogP contribution in [0.2, 0.25) is 0 Å². The highest BCUT2D eigenvalue weighted by Crippen LogP contribution is 2.29. The van der Waals surface area contributed by atoms with Gasteiger partial charge in [-0.1, -0.05) is 56.3 Å².